The molecule has 2 heteroatoms. The van der Waals surface area contributed by atoms with E-state index in [0.29, 0.717) is 23.1 Å². The normalized spacial score (nSPS) is 41.3. The molecule has 0 saturated heterocycles. The van der Waals surface area contributed by atoms with Gasteiger partial charge in [0.1, 0.15) is 5.75 Å². The standard InChI is InChI=1S/C19H27NO/c1-11-9-15-12(10-17(11)21)3-4-14-13(15)7-8-19(2)16(14)5-6-18(19)20/h9-10,13-14,16,18,21H,3-8,20H2,1-2H3/t13-,14+,16-,18-,19-/m0/s1. The molecule has 0 bridgehead atoms. The lowest BCUT2D eigenvalue weighted by atomic mass is 9.55. The van der Waals surface area contributed by atoms with Crippen LogP contribution in [0.2, 0.25) is 0 Å². The van der Waals surface area contributed by atoms with Gasteiger partial charge in [-0.3, -0.25) is 0 Å². The first-order valence-electron chi connectivity index (χ1n) is 8.58. The van der Waals surface area contributed by atoms with E-state index >= 15 is 0 Å². The van der Waals surface area contributed by atoms with Gasteiger partial charge in [-0.1, -0.05) is 13.0 Å². The van der Waals surface area contributed by atoms with Gasteiger partial charge in [0, 0.05) is 6.04 Å². The second kappa shape index (κ2) is 4.49. The fourth-order valence-electron chi connectivity index (χ4n) is 5.76. The van der Waals surface area contributed by atoms with Gasteiger partial charge >= 0.3 is 0 Å². The van der Waals surface area contributed by atoms with Gasteiger partial charge in [0.25, 0.3) is 0 Å². The van der Waals surface area contributed by atoms with E-state index in [0.717, 1.165) is 23.8 Å². The summed E-state index contributed by atoms with van der Waals surface area (Å²) in [6.07, 6.45) is 7.51. The van der Waals surface area contributed by atoms with Gasteiger partial charge in [-0.15, -0.1) is 0 Å². The quantitative estimate of drug-likeness (QED) is 0.760. The predicted octanol–water partition coefficient (Wildman–Crippen LogP) is 3.88. The molecule has 3 aliphatic carbocycles. The van der Waals surface area contributed by atoms with E-state index in [-0.39, 0.29) is 0 Å². The Hall–Kier alpha value is -1.02. The van der Waals surface area contributed by atoms with Gasteiger partial charge < -0.3 is 10.8 Å². The lowest BCUT2D eigenvalue weighted by Gasteiger charge is -2.50. The Kier molecular flexibility index (Phi) is 2.91. The van der Waals surface area contributed by atoms with Crippen LogP contribution in [0.5, 0.6) is 5.75 Å². The number of nitrogens with two attached hydrogens (primary N) is 1. The maximum absolute atomic E-state index is 9.98. The number of rotatable bonds is 0. The van der Waals surface area contributed by atoms with Crippen molar-refractivity contribution in [1.29, 1.82) is 0 Å². The van der Waals surface area contributed by atoms with Gasteiger partial charge in [0.05, 0.1) is 0 Å². The molecule has 3 N–H and O–H groups in total. The number of phenols is 1. The Bertz CT molecular complexity index is 581. The summed E-state index contributed by atoms with van der Waals surface area (Å²) >= 11 is 0. The first-order chi connectivity index (χ1) is 10.0. The van der Waals surface area contributed by atoms with Gasteiger partial charge in [-0.25, -0.2) is 0 Å². The van der Waals surface area contributed by atoms with Crippen LogP contribution >= 0.6 is 0 Å². The van der Waals surface area contributed by atoms with Crippen molar-refractivity contribution in [2.45, 2.75) is 64.3 Å². The highest BCUT2D eigenvalue weighted by Gasteiger charge is 2.53. The molecule has 0 radical (unpaired) electrons. The largest absolute Gasteiger partial charge is 0.508 e. The third-order valence-electron chi connectivity index (χ3n) is 7.11. The summed E-state index contributed by atoms with van der Waals surface area (Å²) in [5, 5.41) is 9.98. The van der Waals surface area contributed by atoms with Crippen molar-refractivity contribution in [3.63, 3.8) is 0 Å². The summed E-state index contributed by atoms with van der Waals surface area (Å²) in [5.41, 5.74) is 10.8. The molecule has 0 spiro atoms. The molecule has 0 heterocycles. The van der Waals surface area contributed by atoms with E-state index in [2.05, 4.69) is 13.0 Å². The van der Waals surface area contributed by atoms with Gasteiger partial charge in [0.2, 0.25) is 0 Å². The summed E-state index contributed by atoms with van der Waals surface area (Å²) in [7, 11) is 0. The van der Waals surface area contributed by atoms with E-state index < -0.39 is 0 Å². The van der Waals surface area contributed by atoms with Crippen LogP contribution in [0.1, 0.15) is 61.6 Å². The highest BCUT2D eigenvalue weighted by molar-refractivity contribution is 5.45. The fourth-order valence-corrected chi connectivity index (χ4v) is 5.76. The molecular weight excluding hydrogens is 258 g/mol. The number of hydrogen-bond donors (Lipinski definition) is 2. The van der Waals surface area contributed by atoms with Crippen molar-refractivity contribution in [2.75, 3.05) is 0 Å². The topological polar surface area (TPSA) is 46.2 Å². The number of benzene rings is 1. The molecule has 2 saturated carbocycles. The first kappa shape index (κ1) is 13.6. The highest BCUT2D eigenvalue weighted by Crippen LogP contribution is 2.60. The molecule has 2 nitrogen and oxygen atoms in total. The predicted molar refractivity (Wildman–Crippen MR) is 85.4 cm³/mol. The zero-order valence-electron chi connectivity index (χ0n) is 13.2. The lowest BCUT2D eigenvalue weighted by Crippen LogP contribution is -2.46. The highest BCUT2D eigenvalue weighted by atomic mass is 16.3. The summed E-state index contributed by atoms with van der Waals surface area (Å²) < 4.78 is 0. The van der Waals surface area contributed by atoms with Crippen LogP contribution in [-0.2, 0) is 6.42 Å². The lowest BCUT2D eigenvalue weighted by molar-refractivity contribution is 0.0496. The van der Waals surface area contributed by atoms with Crippen LogP contribution in [0.3, 0.4) is 0 Å². The van der Waals surface area contributed by atoms with Crippen LogP contribution in [0.15, 0.2) is 12.1 Å². The maximum Gasteiger partial charge on any atom is 0.118 e. The second-order valence-corrected chi connectivity index (χ2v) is 7.98. The Balaban J connectivity index is 1.73. The molecule has 0 unspecified atom stereocenters. The minimum Gasteiger partial charge on any atom is -0.508 e. The summed E-state index contributed by atoms with van der Waals surface area (Å²) in [4.78, 5) is 0. The molecule has 0 aromatic heterocycles. The zero-order chi connectivity index (χ0) is 14.8. The van der Waals surface area contributed by atoms with E-state index in [1.807, 2.05) is 13.0 Å². The molecule has 0 aliphatic heterocycles. The average molecular weight is 285 g/mol. The van der Waals surface area contributed by atoms with Crippen molar-refractivity contribution < 1.29 is 5.11 Å². The van der Waals surface area contributed by atoms with Crippen molar-refractivity contribution >= 4 is 0 Å². The number of fused-ring (bicyclic) bond motifs is 5. The summed E-state index contributed by atoms with van der Waals surface area (Å²) in [6, 6.07) is 4.69. The fraction of sp³-hybridized carbons (Fsp3) is 0.684. The number of phenolic OH excluding ortho intramolecular Hbond substituents is 1. The van der Waals surface area contributed by atoms with E-state index in [9.17, 15) is 5.11 Å². The number of hydrogen-bond acceptors (Lipinski definition) is 2. The van der Waals surface area contributed by atoms with Gasteiger partial charge in [-0.2, -0.15) is 0 Å². The molecule has 3 aliphatic rings. The SMILES string of the molecule is Cc1cc2c(cc1O)CC[C@@H]1[C@@H]2CC[C@]2(C)[C@@H](N)CC[C@@H]12. The smallest absolute Gasteiger partial charge is 0.118 e. The molecule has 2 fully saturated rings. The first-order valence-corrected chi connectivity index (χ1v) is 8.58. The molecule has 1 aromatic rings. The monoisotopic (exact) mass is 285 g/mol. The van der Waals surface area contributed by atoms with Crippen molar-refractivity contribution in [3.05, 3.63) is 28.8 Å². The summed E-state index contributed by atoms with van der Waals surface area (Å²) in [5.74, 6) is 2.80. The Morgan fingerprint density at radius 1 is 1.19 bits per heavy atom. The number of aryl methyl sites for hydroxylation is 2. The third kappa shape index (κ3) is 1.81. The van der Waals surface area contributed by atoms with Crippen LogP contribution in [0, 0.1) is 24.2 Å². The Morgan fingerprint density at radius 3 is 2.81 bits per heavy atom. The second-order valence-electron chi connectivity index (χ2n) is 7.98. The Morgan fingerprint density at radius 2 is 2.00 bits per heavy atom. The van der Waals surface area contributed by atoms with E-state index in [1.54, 1.807) is 0 Å². The Labute approximate surface area is 127 Å². The van der Waals surface area contributed by atoms with Crippen molar-refractivity contribution in [2.24, 2.45) is 23.0 Å². The van der Waals surface area contributed by atoms with Crippen molar-refractivity contribution in [1.82, 2.24) is 0 Å². The molecule has 0 amide bonds. The molecule has 1 aromatic carbocycles. The maximum atomic E-state index is 9.98. The van der Waals surface area contributed by atoms with E-state index in [1.165, 1.54) is 43.2 Å². The number of aromatic hydroxyl groups is 1. The minimum atomic E-state index is 0.380. The van der Waals surface area contributed by atoms with Gasteiger partial charge in [-0.05, 0) is 91.4 Å². The third-order valence-corrected chi connectivity index (χ3v) is 7.11. The molecule has 4 rings (SSSR count). The van der Waals surface area contributed by atoms with Crippen molar-refractivity contribution in [3.8, 4) is 5.75 Å². The zero-order valence-corrected chi connectivity index (χ0v) is 13.2. The summed E-state index contributed by atoms with van der Waals surface area (Å²) in [6.45, 7) is 4.47. The molecule has 114 valence electrons. The van der Waals surface area contributed by atoms with Crippen LogP contribution in [0.25, 0.3) is 0 Å². The van der Waals surface area contributed by atoms with Crippen LogP contribution in [0.4, 0.5) is 0 Å². The molecular formula is C19H27NO. The van der Waals surface area contributed by atoms with Crippen LogP contribution < -0.4 is 5.73 Å². The van der Waals surface area contributed by atoms with E-state index in [4.69, 9.17) is 5.73 Å². The molecule has 5 atom stereocenters. The average Bonchev–Trinajstić information content (AvgIpc) is 2.76. The van der Waals surface area contributed by atoms with Crippen LogP contribution in [-0.4, -0.2) is 11.1 Å². The van der Waals surface area contributed by atoms with Gasteiger partial charge in [0.15, 0.2) is 0 Å². The molecule has 21 heavy (non-hydrogen) atoms. The minimum absolute atomic E-state index is 0.380.